The molecule has 9 heteroatoms. The van der Waals surface area contributed by atoms with Gasteiger partial charge in [0.2, 0.25) is 5.82 Å². The van der Waals surface area contributed by atoms with Gasteiger partial charge in [-0.1, -0.05) is 0 Å². The Balaban J connectivity index is 2.62. The zero-order valence-corrected chi connectivity index (χ0v) is 11.1. The van der Waals surface area contributed by atoms with Gasteiger partial charge in [0.1, 0.15) is 6.07 Å². The number of nitrogens with one attached hydrogen (secondary N) is 2. The van der Waals surface area contributed by atoms with Gasteiger partial charge in [-0.05, 0) is 0 Å². The van der Waals surface area contributed by atoms with E-state index in [9.17, 15) is 14.9 Å². The summed E-state index contributed by atoms with van der Waals surface area (Å²) in [5, 5.41) is 24.9. The maximum atomic E-state index is 11.2. The number of carbonyl (C=O) groups is 1. The highest BCUT2D eigenvalue weighted by Gasteiger charge is 2.16. The smallest absolute Gasteiger partial charge is 0.316 e. The van der Waals surface area contributed by atoms with Gasteiger partial charge in [-0.15, -0.1) is 0 Å². The van der Waals surface area contributed by atoms with Crippen LogP contribution in [0.25, 0.3) is 0 Å². The van der Waals surface area contributed by atoms with Crippen LogP contribution in [-0.4, -0.2) is 48.0 Å². The summed E-state index contributed by atoms with van der Waals surface area (Å²) in [7, 11) is 3.21. The fourth-order valence-corrected chi connectivity index (χ4v) is 1.30. The van der Waals surface area contributed by atoms with E-state index in [1.54, 1.807) is 20.2 Å². The molecule has 2 amide bonds. The first-order valence-electron chi connectivity index (χ1n) is 5.69. The zero-order chi connectivity index (χ0) is 15.1. The molecule has 0 aromatic carbocycles. The number of pyridine rings is 1. The third-order valence-electron chi connectivity index (χ3n) is 2.29. The molecule has 0 saturated heterocycles. The van der Waals surface area contributed by atoms with E-state index < -0.39 is 4.92 Å². The van der Waals surface area contributed by atoms with E-state index in [2.05, 4.69) is 15.6 Å². The molecule has 0 bridgehead atoms. The molecule has 0 unspecified atom stereocenters. The van der Waals surface area contributed by atoms with Crippen LogP contribution < -0.4 is 10.6 Å². The summed E-state index contributed by atoms with van der Waals surface area (Å²) >= 11 is 0. The Morgan fingerprint density at radius 2 is 2.25 bits per heavy atom. The minimum atomic E-state index is -0.616. The van der Waals surface area contributed by atoms with Crippen molar-refractivity contribution in [3.05, 3.63) is 27.9 Å². The number of urea groups is 1. The monoisotopic (exact) mass is 278 g/mol. The fourth-order valence-electron chi connectivity index (χ4n) is 1.30. The molecule has 1 rings (SSSR count). The maximum absolute atomic E-state index is 11.2. The first kappa shape index (κ1) is 15.2. The molecule has 9 nitrogen and oxygen atoms in total. The van der Waals surface area contributed by atoms with Crippen molar-refractivity contribution in [2.45, 2.75) is 0 Å². The first-order chi connectivity index (χ1) is 9.45. The summed E-state index contributed by atoms with van der Waals surface area (Å²) < 4.78 is 0. The van der Waals surface area contributed by atoms with Gasteiger partial charge in [0.25, 0.3) is 0 Å². The summed E-state index contributed by atoms with van der Waals surface area (Å²) in [5.41, 5.74) is -0.161. The Morgan fingerprint density at radius 1 is 1.55 bits per heavy atom. The number of rotatable bonds is 5. The van der Waals surface area contributed by atoms with Gasteiger partial charge in [-0.25, -0.2) is 9.78 Å². The van der Waals surface area contributed by atoms with Crippen LogP contribution in [0.1, 0.15) is 5.56 Å². The lowest BCUT2D eigenvalue weighted by atomic mass is 10.3. The van der Waals surface area contributed by atoms with Gasteiger partial charge in [0.05, 0.1) is 10.5 Å². The van der Waals surface area contributed by atoms with Crippen molar-refractivity contribution in [1.82, 2.24) is 15.2 Å². The molecule has 0 aliphatic rings. The number of hydrogen-bond donors (Lipinski definition) is 2. The number of nitrogens with zero attached hydrogens (tertiary/aromatic N) is 4. The summed E-state index contributed by atoms with van der Waals surface area (Å²) in [5.74, 6) is 0.0631. The molecule has 0 aliphatic heterocycles. The standard InChI is InChI=1S/C11H14N6O3/c1-16(2)11(18)14-4-3-13-10-9(17(19)20)5-8(6-12)7-15-10/h5,7H,3-4H2,1-2H3,(H,13,15)(H,14,18). The van der Waals surface area contributed by atoms with Crippen molar-refractivity contribution >= 4 is 17.5 Å². The third-order valence-corrected chi connectivity index (χ3v) is 2.29. The molecule has 1 heterocycles. The number of amides is 2. The van der Waals surface area contributed by atoms with Crippen LogP contribution in [0.3, 0.4) is 0 Å². The zero-order valence-electron chi connectivity index (χ0n) is 11.1. The minimum Gasteiger partial charge on any atom is -0.363 e. The van der Waals surface area contributed by atoms with Crippen molar-refractivity contribution in [3.8, 4) is 6.07 Å². The van der Waals surface area contributed by atoms with Crippen LogP contribution in [-0.2, 0) is 0 Å². The average molecular weight is 278 g/mol. The predicted molar refractivity (Wildman–Crippen MR) is 71.2 cm³/mol. The highest BCUT2D eigenvalue weighted by atomic mass is 16.6. The Morgan fingerprint density at radius 3 is 2.80 bits per heavy atom. The van der Waals surface area contributed by atoms with Crippen molar-refractivity contribution in [3.63, 3.8) is 0 Å². The summed E-state index contributed by atoms with van der Waals surface area (Å²) in [6.07, 6.45) is 1.24. The molecule has 0 radical (unpaired) electrons. The lowest BCUT2D eigenvalue weighted by Gasteiger charge is -2.12. The quantitative estimate of drug-likeness (QED) is 0.460. The number of nitriles is 1. The topological polar surface area (TPSA) is 124 Å². The second-order valence-electron chi connectivity index (χ2n) is 4.01. The van der Waals surface area contributed by atoms with E-state index in [-0.39, 0.29) is 36.2 Å². The number of anilines is 1. The second kappa shape index (κ2) is 6.89. The van der Waals surface area contributed by atoms with Crippen LogP contribution in [0.4, 0.5) is 16.3 Å². The van der Waals surface area contributed by atoms with Crippen molar-refractivity contribution in [1.29, 1.82) is 5.26 Å². The molecule has 0 atom stereocenters. The van der Waals surface area contributed by atoms with E-state index in [0.717, 1.165) is 6.07 Å². The van der Waals surface area contributed by atoms with E-state index in [1.807, 2.05) is 0 Å². The Kier molecular flexibility index (Phi) is 5.22. The van der Waals surface area contributed by atoms with Gasteiger partial charge >= 0.3 is 11.7 Å². The summed E-state index contributed by atoms with van der Waals surface area (Å²) in [6, 6.07) is 2.68. The molecule has 1 aromatic rings. The molecule has 0 aliphatic carbocycles. The van der Waals surface area contributed by atoms with Gasteiger partial charge in [-0.2, -0.15) is 5.26 Å². The first-order valence-corrected chi connectivity index (χ1v) is 5.69. The molecular weight excluding hydrogens is 264 g/mol. The molecule has 106 valence electrons. The molecule has 0 saturated carbocycles. The minimum absolute atomic E-state index is 0.0631. The van der Waals surface area contributed by atoms with Crippen molar-refractivity contribution in [2.24, 2.45) is 0 Å². The SMILES string of the molecule is CN(C)C(=O)NCCNc1ncc(C#N)cc1[N+](=O)[O-]. The third kappa shape index (κ3) is 4.09. The Hall–Kier alpha value is -2.89. The predicted octanol–water partition coefficient (Wildman–Crippen LogP) is 0.545. The van der Waals surface area contributed by atoms with Gasteiger partial charge in [0, 0.05) is 39.4 Å². The Bertz CT molecular complexity index is 552. The van der Waals surface area contributed by atoms with Crippen LogP contribution >= 0.6 is 0 Å². The van der Waals surface area contributed by atoms with Crippen LogP contribution in [0, 0.1) is 21.4 Å². The number of carbonyl (C=O) groups excluding carboxylic acids is 1. The summed E-state index contributed by atoms with van der Waals surface area (Å²) in [6.45, 7) is 0.565. The second-order valence-corrected chi connectivity index (χ2v) is 4.01. The normalized spacial score (nSPS) is 9.45. The fraction of sp³-hybridized carbons (Fsp3) is 0.364. The van der Waals surface area contributed by atoms with Gasteiger partial charge in [-0.3, -0.25) is 10.1 Å². The molecular formula is C11H14N6O3. The summed E-state index contributed by atoms with van der Waals surface area (Å²) in [4.78, 5) is 26.7. The lowest BCUT2D eigenvalue weighted by molar-refractivity contribution is -0.384. The van der Waals surface area contributed by atoms with E-state index in [1.165, 1.54) is 11.1 Å². The van der Waals surface area contributed by atoms with E-state index >= 15 is 0 Å². The number of nitro groups is 1. The highest BCUT2D eigenvalue weighted by molar-refractivity contribution is 5.73. The van der Waals surface area contributed by atoms with Crippen LogP contribution in [0.15, 0.2) is 12.3 Å². The van der Waals surface area contributed by atoms with E-state index in [4.69, 9.17) is 5.26 Å². The van der Waals surface area contributed by atoms with Gasteiger partial charge < -0.3 is 15.5 Å². The Labute approximate surface area is 115 Å². The average Bonchev–Trinajstić information content (AvgIpc) is 2.42. The molecule has 0 fully saturated rings. The van der Waals surface area contributed by atoms with Crippen LogP contribution in [0.5, 0.6) is 0 Å². The van der Waals surface area contributed by atoms with Crippen molar-refractivity contribution in [2.75, 3.05) is 32.5 Å². The van der Waals surface area contributed by atoms with Gasteiger partial charge in [0.15, 0.2) is 0 Å². The highest BCUT2D eigenvalue weighted by Crippen LogP contribution is 2.21. The molecule has 1 aromatic heterocycles. The van der Waals surface area contributed by atoms with Crippen LogP contribution in [0.2, 0.25) is 0 Å². The van der Waals surface area contributed by atoms with Crippen molar-refractivity contribution < 1.29 is 9.72 Å². The largest absolute Gasteiger partial charge is 0.363 e. The maximum Gasteiger partial charge on any atom is 0.316 e. The molecule has 2 N–H and O–H groups in total. The number of hydrogen-bond acceptors (Lipinski definition) is 6. The lowest BCUT2D eigenvalue weighted by Crippen LogP contribution is -2.37. The molecule has 0 spiro atoms. The number of aromatic nitrogens is 1. The van der Waals surface area contributed by atoms with E-state index in [0.29, 0.717) is 0 Å². The molecule has 20 heavy (non-hydrogen) atoms.